The molecule has 0 unspecified atom stereocenters. The Kier molecular flexibility index (Phi) is 5.37. The van der Waals surface area contributed by atoms with Crippen LogP contribution in [-0.4, -0.2) is 60.9 Å². The second-order valence-electron chi connectivity index (χ2n) is 6.79. The fourth-order valence-electron chi connectivity index (χ4n) is 3.01. The van der Waals surface area contributed by atoms with E-state index < -0.39 is 0 Å². The van der Waals surface area contributed by atoms with Crippen LogP contribution in [0.5, 0.6) is 0 Å². The van der Waals surface area contributed by atoms with Gasteiger partial charge in [0.2, 0.25) is 5.91 Å². The number of likely N-dealkylation sites (tertiary alicyclic amines) is 1. The van der Waals surface area contributed by atoms with E-state index in [0.29, 0.717) is 17.6 Å². The van der Waals surface area contributed by atoms with Crippen LogP contribution in [0.25, 0.3) is 11.3 Å². The van der Waals surface area contributed by atoms with Crippen molar-refractivity contribution < 1.29 is 4.79 Å². The number of amides is 1. The summed E-state index contributed by atoms with van der Waals surface area (Å²) in [4.78, 5) is 23.0. The molecule has 1 N–H and O–H groups in total. The summed E-state index contributed by atoms with van der Waals surface area (Å²) >= 11 is 0. The molecule has 1 aliphatic heterocycles. The summed E-state index contributed by atoms with van der Waals surface area (Å²) in [5.74, 6) is 0.679. The highest BCUT2D eigenvalue weighted by atomic mass is 16.2. The summed E-state index contributed by atoms with van der Waals surface area (Å²) in [6.45, 7) is 8.48. The zero-order valence-corrected chi connectivity index (χ0v) is 15.0. The predicted molar refractivity (Wildman–Crippen MR) is 93.7 cm³/mol. The lowest BCUT2D eigenvalue weighted by atomic mass is 10.0. The average molecular weight is 343 g/mol. The maximum Gasteiger partial charge on any atom is 0.242 e. The molecule has 134 valence electrons. The molecule has 2 aromatic rings. The van der Waals surface area contributed by atoms with E-state index in [1.165, 1.54) is 0 Å². The topological polar surface area (TPSA) is 88.8 Å². The third-order valence-electron chi connectivity index (χ3n) is 4.55. The second kappa shape index (κ2) is 7.69. The van der Waals surface area contributed by atoms with Crippen molar-refractivity contribution in [1.82, 2.24) is 35.2 Å². The minimum absolute atomic E-state index is 0.0281. The molecule has 0 spiro atoms. The number of rotatable bonds is 5. The number of aryl methyl sites for hydroxylation is 1. The van der Waals surface area contributed by atoms with Crippen molar-refractivity contribution in [3.63, 3.8) is 0 Å². The molecule has 3 rings (SSSR count). The number of piperidine rings is 1. The van der Waals surface area contributed by atoms with Gasteiger partial charge in [-0.1, -0.05) is 5.21 Å². The quantitative estimate of drug-likeness (QED) is 0.872. The van der Waals surface area contributed by atoms with E-state index in [0.717, 1.165) is 31.5 Å². The molecule has 2 aromatic heterocycles. The number of nitrogens with zero attached hydrogens (tertiary/aromatic N) is 6. The number of carbonyl (C=O) groups excluding carboxylic acids is 1. The van der Waals surface area contributed by atoms with Crippen LogP contribution in [0.15, 0.2) is 18.6 Å². The van der Waals surface area contributed by atoms with Crippen molar-refractivity contribution in [2.24, 2.45) is 0 Å². The second-order valence-corrected chi connectivity index (χ2v) is 6.79. The van der Waals surface area contributed by atoms with Crippen molar-refractivity contribution in [2.45, 2.75) is 52.2 Å². The summed E-state index contributed by atoms with van der Waals surface area (Å²) in [5.41, 5.74) is 1.45. The first-order valence-electron chi connectivity index (χ1n) is 8.74. The Morgan fingerprint density at radius 3 is 2.60 bits per heavy atom. The maximum atomic E-state index is 12.2. The molecule has 1 aliphatic rings. The Labute approximate surface area is 147 Å². The predicted octanol–water partition coefficient (Wildman–Crippen LogP) is 1.03. The summed E-state index contributed by atoms with van der Waals surface area (Å²) in [6, 6.07) is 0.812. The molecule has 8 nitrogen and oxygen atoms in total. The molecule has 0 radical (unpaired) electrons. The Balaban J connectivity index is 1.51. The molecule has 1 amide bonds. The molecule has 0 saturated carbocycles. The molecular formula is C17H25N7O. The molecule has 3 heterocycles. The first-order chi connectivity index (χ1) is 12.0. The van der Waals surface area contributed by atoms with E-state index in [1.807, 2.05) is 6.92 Å². The molecule has 0 aliphatic carbocycles. The molecular weight excluding hydrogens is 318 g/mol. The lowest BCUT2D eigenvalue weighted by Crippen LogP contribution is -2.47. The monoisotopic (exact) mass is 343 g/mol. The van der Waals surface area contributed by atoms with Gasteiger partial charge < -0.3 is 10.2 Å². The van der Waals surface area contributed by atoms with Crippen LogP contribution in [0.4, 0.5) is 0 Å². The number of aromatic nitrogens is 5. The van der Waals surface area contributed by atoms with Crippen LogP contribution in [0, 0.1) is 6.92 Å². The van der Waals surface area contributed by atoms with E-state index >= 15 is 0 Å². The van der Waals surface area contributed by atoms with Crippen LogP contribution in [-0.2, 0) is 11.3 Å². The van der Waals surface area contributed by atoms with Gasteiger partial charge in [-0.15, -0.1) is 5.10 Å². The van der Waals surface area contributed by atoms with Crippen LogP contribution >= 0.6 is 0 Å². The average Bonchev–Trinajstić information content (AvgIpc) is 3.04. The molecule has 0 bridgehead atoms. The largest absolute Gasteiger partial charge is 0.352 e. The van der Waals surface area contributed by atoms with E-state index in [1.54, 1.807) is 23.3 Å². The van der Waals surface area contributed by atoms with Crippen molar-refractivity contribution in [3.8, 4) is 11.3 Å². The molecule has 1 fully saturated rings. The molecule has 1 saturated heterocycles. The molecule has 0 aromatic carbocycles. The van der Waals surface area contributed by atoms with Gasteiger partial charge in [0.15, 0.2) is 0 Å². The minimum atomic E-state index is -0.0281. The smallest absolute Gasteiger partial charge is 0.242 e. The Morgan fingerprint density at radius 2 is 1.96 bits per heavy atom. The van der Waals surface area contributed by atoms with Crippen molar-refractivity contribution in [1.29, 1.82) is 0 Å². The molecule has 8 heteroatoms. The van der Waals surface area contributed by atoms with E-state index in [-0.39, 0.29) is 18.5 Å². The van der Waals surface area contributed by atoms with Gasteiger partial charge in [-0.3, -0.25) is 4.79 Å². The van der Waals surface area contributed by atoms with Crippen molar-refractivity contribution in [3.05, 3.63) is 24.4 Å². The summed E-state index contributed by atoms with van der Waals surface area (Å²) < 4.78 is 1.55. The first-order valence-corrected chi connectivity index (χ1v) is 8.74. The van der Waals surface area contributed by atoms with Crippen LogP contribution < -0.4 is 5.32 Å². The minimum Gasteiger partial charge on any atom is -0.352 e. The molecule has 25 heavy (non-hydrogen) atoms. The fourth-order valence-corrected chi connectivity index (χ4v) is 3.01. The van der Waals surface area contributed by atoms with Gasteiger partial charge in [-0.05, 0) is 33.6 Å². The summed E-state index contributed by atoms with van der Waals surface area (Å²) in [5, 5.41) is 11.2. The summed E-state index contributed by atoms with van der Waals surface area (Å²) in [7, 11) is 0. The van der Waals surface area contributed by atoms with Gasteiger partial charge >= 0.3 is 0 Å². The zero-order chi connectivity index (χ0) is 17.8. The zero-order valence-electron chi connectivity index (χ0n) is 15.0. The van der Waals surface area contributed by atoms with Crippen LogP contribution in [0.1, 0.15) is 32.5 Å². The highest BCUT2D eigenvalue weighted by Gasteiger charge is 2.22. The van der Waals surface area contributed by atoms with Gasteiger partial charge in [0.1, 0.15) is 18.1 Å². The van der Waals surface area contributed by atoms with Gasteiger partial charge in [0, 0.05) is 43.1 Å². The lowest BCUT2D eigenvalue weighted by molar-refractivity contribution is -0.122. The molecule has 0 atom stereocenters. The standard InChI is InChI=1S/C17H25N7O/c1-12(2)23-6-4-15(5-7-23)20-17(25)11-24-10-16(21-22-24)14-8-18-13(3)19-9-14/h8-10,12,15H,4-7,11H2,1-3H3,(H,20,25). The van der Waals surface area contributed by atoms with Gasteiger partial charge in [0.05, 0.1) is 6.20 Å². The lowest BCUT2D eigenvalue weighted by Gasteiger charge is -2.34. The SMILES string of the molecule is Cc1ncc(-c2cn(CC(=O)NC3CCN(C(C)C)CC3)nn2)cn1. The Hall–Kier alpha value is -2.35. The van der Waals surface area contributed by atoms with E-state index in [4.69, 9.17) is 0 Å². The van der Waals surface area contributed by atoms with Gasteiger partial charge in [0.25, 0.3) is 0 Å². The number of carbonyl (C=O) groups is 1. The summed E-state index contributed by atoms with van der Waals surface area (Å²) in [6.07, 6.45) is 7.15. The number of nitrogens with one attached hydrogen (secondary N) is 1. The van der Waals surface area contributed by atoms with Gasteiger partial charge in [-0.25, -0.2) is 14.6 Å². The van der Waals surface area contributed by atoms with E-state index in [2.05, 4.69) is 44.3 Å². The van der Waals surface area contributed by atoms with Crippen molar-refractivity contribution >= 4 is 5.91 Å². The normalized spacial score (nSPS) is 16.3. The number of hydrogen-bond donors (Lipinski definition) is 1. The first kappa shape index (κ1) is 17.5. The van der Waals surface area contributed by atoms with Gasteiger partial charge in [-0.2, -0.15) is 0 Å². The van der Waals surface area contributed by atoms with Crippen LogP contribution in [0.2, 0.25) is 0 Å². The Morgan fingerprint density at radius 1 is 1.28 bits per heavy atom. The highest BCUT2D eigenvalue weighted by molar-refractivity contribution is 5.76. The fraction of sp³-hybridized carbons (Fsp3) is 0.588. The van der Waals surface area contributed by atoms with Crippen molar-refractivity contribution in [2.75, 3.05) is 13.1 Å². The number of hydrogen-bond acceptors (Lipinski definition) is 6. The Bertz CT molecular complexity index is 702. The maximum absolute atomic E-state index is 12.2. The third kappa shape index (κ3) is 4.60. The van der Waals surface area contributed by atoms with Crippen LogP contribution in [0.3, 0.4) is 0 Å². The third-order valence-corrected chi connectivity index (χ3v) is 4.55. The van der Waals surface area contributed by atoms with E-state index in [9.17, 15) is 4.79 Å². The highest BCUT2D eigenvalue weighted by Crippen LogP contribution is 2.14.